The number of hydrogen-bond acceptors (Lipinski definition) is 5. The number of rotatable bonds is 4. The second-order valence-corrected chi connectivity index (χ2v) is 5.92. The first kappa shape index (κ1) is 13.2. The molecule has 0 bridgehead atoms. The molecule has 7 nitrogen and oxygen atoms in total. The highest BCUT2D eigenvalue weighted by Gasteiger charge is 2.25. The third-order valence-corrected chi connectivity index (χ3v) is 4.49. The molecular formula is C8H18N4O3S. The Balaban J connectivity index is 2.46. The molecule has 3 N–H and O–H groups in total. The van der Waals surface area contributed by atoms with Crippen LogP contribution in [0, 0.1) is 0 Å². The lowest BCUT2D eigenvalue weighted by Crippen LogP contribution is -2.50. The number of nitrogens with two attached hydrogens (primary N) is 1. The lowest BCUT2D eigenvalue weighted by Gasteiger charge is -2.33. The molecule has 0 saturated carbocycles. The van der Waals surface area contributed by atoms with Gasteiger partial charge in [0.25, 0.3) is 0 Å². The maximum Gasteiger partial charge on any atom is 0.213 e. The fourth-order valence-electron chi connectivity index (χ4n) is 1.61. The summed E-state index contributed by atoms with van der Waals surface area (Å²) in [6, 6.07) is 0. The summed E-state index contributed by atoms with van der Waals surface area (Å²) in [6.07, 6.45) is 0. The SMILES string of the molecule is CCS(=O)(=O)N1CCN(CC(N)=NO)CC1. The molecular weight excluding hydrogens is 232 g/mol. The van der Waals surface area contributed by atoms with Crippen molar-refractivity contribution in [1.82, 2.24) is 9.21 Å². The molecule has 0 aromatic carbocycles. The normalized spacial score (nSPS) is 21.2. The number of amidine groups is 1. The van der Waals surface area contributed by atoms with Gasteiger partial charge in [0.2, 0.25) is 10.0 Å². The maximum absolute atomic E-state index is 11.6. The van der Waals surface area contributed by atoms with E-state index in [0.717, 1.165) is 0 Å². The van der Waals surface area contributed by atoms with Crippen LogP contribution in [0.5, 0.6) is 0 Å². The average molecular weight is 250 g/mol. The highest BCUT2D eigenvalue weighted by molar-refractivity contribution is 7.89. The first-order valence-corrected chi connectivity index (χ1v) is 6.77. The highest BCUT2D eigenvalue weighted by atomic mass is 32.2. The Morgan fingerprint density at radius 3 is 2.38 bits per heavy atom. The van der Waals surface area contributed by atoms with Gasteiger partial charge in [-0.3, -0.25) is 4.90 Å². The van der Waals surface area contributed by atoms with Gasteiger partial charge in [0, 0.05) is 26.2 Å². The molecule has 1 fully saturated rings. The molecule has 1 heterocycles. The van der Waals surface area contributed by atoms with E-state index in [4.69, 9.17) is 10.9 Å². The fraction of sp³-hybridized carbons (Fsp3) is 0.875. The van der Waals surface area contributed by atoms with Gasteiger partial charge in [-0.15, -0.1) is 0 Å². The molecule has 0 aromatic rings. The summed E-state index contributed by atoms with van der Waals surface area (Å²) >= 11 is 0. The van der Waals surface area contributed by atoms with Gasteiger partial charge in [-0.05, 0) is 6.92 Å². The molecule has 1 aliphatic rings. The molecule has 16 heavy (non-hydrogen) atoms. The zero-order valence-electron chi connectivity index (χ0n) is 9.33. The minimum Gasteiger partial charge on any atom is -0.409 e. The molecule has 8 heteroatoms. The summed E-state index contributed by atoms with van der Waals surface area (Å²) in [7, 11) is -3.08. The van der Waals surface area contributed by atoms with Gasteiger partial charge >= 0.3 is 0 Å². The van der Waals surface area contributed by atoms with Crippen LogP contribution in [0.2, 0.25) is 0 Å². The molecule has 0 radical (unpaired) electrons. The minimum absolute atomic E-state index is 0.132. The monoisotopic (exact) mass is 250 g/mol. The number of hydrogen-bond donors (Lipinski definition) is 2. The van der Waals surface area contributed by atoms with Crippen molar-refractivity contribution in [2.24, 2.45) is 10.9 Å². The van der Waals surface area contributed by atoms with Crippen molar-refractivity contribution in [3.05, 3.63) is 0 Å². The smallest absolute Gasteiger partial charge is 0.213 e. The Kier molecular flexibility index (Phi) is 4.51. The van der Waals surface area contributed by atoms with Crippen molar-refractivity contribution in [3.63, 3.8) is 0 Å². The average Bonchev–Trinajstić information content (AvgIpc) is 2.29. The van der Waals surface area contributed by atoms with Crippen molar-refractivity contribution in [1.29, 1.82) is 0 Å². The van der Waals surface area contributed by atoms with Crippen molar-refractivity contribution < 1.29 is 13.6 Å². The second kappa shape index (κ2) is 5.46. The first-order valence-electron chi connectivity index (χ1n) is 5.16. The third kappa shape index (κ3) is 3.32. The predicted molar refractivity (Wildman–Crippen MR) is 60.9 cm³/mol. The Bertz CT molecular complexity index is 346. The van der Waals surface area contributed by atoms with Gasteiger partial charge in [0.15, 0.2) is 5.84 Å². The van der Waals surface area contributed by atoms with E-state index in [-0.39, 0.29) is 11.6 Å². The van der Waals surface area contributed by atoms with E-state index in [9.17, 15) is 8.42 Å². The van der Waals surface area contributed by atoms with Crippen LogP contribution in [0.1, 0.15) is 6.92 Å². The van der Waals surface area contributed by atoms with E-state index in [1.807, 2.05) is 4.90 Å². The number of oxime groups is 1. The van der Waals surface area contributed by atoms with Gasteiger partial charge in [0.1, 0.15) is 0 Å². The van der Waals surface area contributed by atoms with E-state index < -0.39 is 10.0 Å². The lowest BCUT2D eigenvalue weighted by atomic mass is 10.3. The van der Waals surface area contributed by atoms with Gasteiger partial charge in [-0.25, -0.2) is 8.42 Å². The van der Waals surface area contributed by atoms with Crippen LogP contribution in [0.15, 0.2) is 5.16 Å². The van der Waals surface area contributed by atoms with Crippen LogP contribution in [-0.2, 0) is 10.0 Å². The van der Waals surface area contributed by atoms with E-state index >= 15 is 0 Å². The fourth-order valence-corrected chi connectivity index (χ4v) is 2.69. The van der Waals surface area contributed by atoms with Crippen LogP contribution in [0.4, 0.5) is 0 Å². The Morgan fingerprint density at radius 2 is 1.94 bits per heavy atom. The van der Waals surface area contributed by atoms with Crippen LogP contribution in [0.25, 0.3) is 0 Å². The van der Waals surface area contributed by atoms with Crippen LogP contribution >= 0.6 is 0 Å². The van der Waals surface area contributed by atoms with Crippen LogP contribution in [-0.4, -0.2) is 67.1 Å². The Labute approximate surface area is 95.6 Å². The quantitative estimate of drug-likeness (QED) is 0.280. The summed E-state index contributed by atoms with van der Waals surface area (Å²) in [4.78, 5) is 1.96. The lowest BCUT2D eigenvalue weighted by molar-refractivity contribution is 0.206. The third-order valence-electron chi connectivity index (χ3n) is 2.60. The molecule has 94 valence electrons. The summed E-state index contributed by atoms with van der Waals surface area (Å²) in [6.45, 7) is 4.16. The largest absolute Gasteiger partial charge is 0.409 e. The second-order valence-electron chi connectivity index (χ2n) is 3.67. The Hall–Kier alpha value is -0.860. The molecule has 1 aliphatic heterocycles. The molecule has 0 amide bonds. The maximum atomic E-state index is 11.6. The predicted octanol–water partition coefficient (Wildman–Crippen LogP) is -1.30. The summed E-state index contributed by atoms with van der Waals surface area (Å²) < 4.78 is 24.6. The van der Waals surface area contributed by atoms with Crippen LogP contribution < -0.4 is 5.73 Å². The van der Waals surface area contributed by atoms with Crippen molar-refractivity contribution in [3.8, 4) is 0 Å². The summed E-state index contributed by atoms with van der Waals surface area (Å²) in [5.41, 5.74) is 5.38. The molecule has 0 spiro atoms. The van der Waals surface area contributed by atoms with E-state index in [1.165, 1.54) is 4.31 Å². The molecule has 0 aliphatic carbocycles. The molecule has 1 saturated heterocycles. The van der Waals surface area contributed by atoms with Crippen molar-refractivity contribution in [2.75, 3.05) is 38.5 Å². The zero-order chi connectivity index (χ0) is 12.2. The molecule has 0 atom stereocenters. The zero-order valence-corrected chi connectivity index (χ0v) is 10.2. The molecule has 0 unspecified atom stereocenters. The van der Waals surface area contributed by atoms with Gasteiger partial charge in [-0.2, -0.15) is 4.31 Å². The first-order chi connectivity index (χ1) is 7.49. The minimum atomic E-state index is -3.08. The van der Waals surface area contributed by atoms with Crippen molar-refractivity contribution >= 4 is 15.9 Å². The topological polar surface area (TPSA) is 99.2 Å². The van der Waals surface area contributed by atoms with Crippen LogP contribution in [0.3, 0.4) is 0 Å². The van der Waals surface area contributed by atoms with E-state index in [0.29, 0.717) is 32.7 Å². The number of piperazine rings is 1. The standard InChI is InChI=1S/C8H18N4O3S/c1-2-16(14,15)12-5-3-11(4-6-12)7-8(9)10-13/h13H,2-7H2,1H3,(H2,9,10). The Morgan fingerprint density at radius 1 is 1.38 bits per heavy atom. The number of sulfonamides is 1. The number of nitrogens with zero attached hydrogens (tertiary/aromatic N) is 3. The van der Waals surface area contributed by atoms with Gasteiger partial charge in [-0.1, -0.05) is 5.16 Å². The van der Waals surface area contributed by atoms with Crippen molar-refractivity contribution in [2.45, 2.75) is 6.92 Å². The van der Waals surface area contributed by atoms with Gasteiger partial charge in [0.05, 0.1) is 12.3 Å². The highest BCUT2D eigenvalue weighted by Crippen LogP contribution is 2.07. The van der Waals surface area contributed by atoms with E-state index in [1.54, 1.807) is 6.92 Å². The summed E-state index contributed by atoms with van der Waals surface area (Å²) in [5, 5.41) is 11.3. The van der Waals surface area contributed by atoms with Gasteiger partial charge < -0.3 is 10.9 Å². The summed E-state index contributed by atoms with van der Waals surface area (Å²) in [5.74, 6) is 0.277. The molecule has 0 aromatic heterocycles. The van der Waals surface area contributed by atoms with E-state index in [2.05, 4.69) is 5.16 Å². The molecule has 1 rings (SSSR count).